The van der Waals surface area contributed by atoms with Crippen LogP contribution in [0.4, 0.5) is 17.1 Å². The van der Waals surface area contributed by atoms with Gasteiger partial charge in [0.15, 0.2) is 0 Å². The fraction of sp³-hybridized carbons (Fsp3) is 0.333. The van der Waals surface area contributed by atoms with E-state index in [1.54, 1.807) is 31.4 Å². The maximum atomic E-state index is 12.2. The number of nitrogens with one attached hydrogen (secondary N) is 2. The van der Waals surface area contributed by atoms with E-state index >= 15 is 0 Å². The molecule has 0 aromatic heterocycles. The quantitative estimate of drug-likeness (QED) is 0.662. The zero-order valence-corrected chi connectivity index (χ0v) is 17.6. The molecule has 1 fully saturated rings. The predicted molar refractivity (Wildman–Crippen MR) is 118 cm³/mol. The molecule has 1 aliphatic heterocycles. The Hall–Kier alpha value is -2.91. The molecule has 1 atom stereocenters. The molecule has 0 saturated carbocycles. The highest BCUT2D eigenvalue weighted by Crippen LogP contribution is 2.19. The van der Waals surface area contributed by atoms with Crippen molar-refractivity contribution in [2.75, 3.05) is 60.5 Å². The van der Waals surface area contributed by atoms with E-state index in [0.29, 0.717) is 30.3 Å². The molecule has 2 N–H and O–H groups in total. The van der Waals surface area contributed by atoms with Crippen LogP contribution in [0, 0.1) is 0 Å². The molecule has 0 radical (unpaired) electrons. The van der Waals surface area contributed by atoms with Gasteiger partial charge < -0.3 is 25.0 Å². The Bertz CT molecular complexity index is 881. The van der Waals surface area contributed by atoms with Crippen molar-refractivity contribution in [3.63, 3.8) is 0 Å². The second kappa shape index (κ2) is 10.7. The van der Waals surface area contributed by atoms with E-state index in [1.807, 2.05) is 24.3 Å². The molecule has 160 valence electrons. The Balaban J connectivity index is 1.43. The Morgan fingerprint density at radius 3 is 1.93 bits per heavy atom. The minimum absolute atomic E-state index is 0.249. The summed E-state index contributed by atoms with van der Waals surface area (Å²) in [5.41, 5.74) is 2.26. The number of anilines is 3. The lowest BCUT2D eigenvalue weighted by molar-refractivity contribution is -0.114. The predicted octanol–water partition coefficient (Wildman–Crippen LogP) is 1.86. The summed E-state index contributed by atoms with van der Waals surface area (Å²) in [6.07, 6.45) is 0. The topological polar surface area (TPSA) is 97.0 Å². The van der Waals surface area contributed by atoms with Gasteiger partial charge in [-0.1, -0.05) is 0 Å². The Kier molecular flexibility index (Phi) is 7.81. The summed E-state index contributed by atoms with van der Waals surface area (Å²) >= 11 is 0. The summed E-state index contributed by atoms with van der Waals surface area (Å²) < 4.78 is 22.6. The number of benzene rings is 2. The molecule has 1 heterocycles. The lowest BCUT2D eigenvalue weighted by Crippen LogP contribution is -2.36. The molecule has 2 aromatic carbocycles. The van der Waals surface area contributed by atoms with Crippen LogP contribution in [-0.4, -0.2) is 60.9 Å². The molecule has 1 unspecified atom stereocenters. The van der Waals surface area contributed by atoms with Gasteiger partial charge in [-0.2, -0.15) is 0 Å². The van der Waals surface area contributed by atoms with Gasteiger partial charge in [0.05, 0.1) is 20.3 Å². The number of hydrogen-bond donors (Lipinski definition) is 2. The smallest absolute Gasteiger partial charge is 0.237 e. The molecule has 0 bridgehead atoms. The highest BCUT2D eigenvalue weighted by molar-refractivity contribution is 7.86. The van der Waals surface area contributed by atoms with Gasteiger partial charge in [0.25, 0.3) is 0 Å². The molecule has 8 nitrogen and oxygen atoms in total. The molecule has 1 aliphatic rings. The summed E-state index contributed by atoms with van der Waals surface area (Å²) in [5.74, 6) is -0.645. The first kappa shape index (κ1) is 21.8. The van der Waals surface area contributed by atoms with Crippen molar-refractivity contribution in [1.82, 2.24) is 0 Å². The summed E-state index contributed by atoms with van der Waals surface area (Å²) in [6.45, 7) is 3.08. The highest BCUT2D eigenvalue weighted by atomic mass is 32.2. The monoisotopic (exact) mass is 431 g/mol. The first-order chi connectivity index (χ1) is 14.5. The van der Waals surface area contributed by atoms with E-state index in [9.17, 15) is 13.8 Å². The number of methoxy groups -OCH3 is 1. The number of nitrogens with zero attached hydrogens (tertiary/aromatic N) is 1. The van der Waals surface area contributed by atoms with Crippen molar-refractivity contribution in [2.24, 2.45) is 0 Å². The first-order valence-corrected chi connectivity index (χ1v) is 11.0. The van der Waals surface area contributed by atoms with Crippen molar-refractivity contribution in [2.45, 2.75) is 0 Å². The maximum absolute atomic E-state index is 12.2. The van der Waals surface area contributed by atoms with Crippen LogP contribution in [0.25, 0.3) is 0 Å². The minimum atomic E-state index is -1.61. The number of amides is 2. The fourth-order valence-corrected chi connectivity index (χ4v) is 3.82. The number of carbonyl (C=O) groups is 2. The number of ether oxygens (including phenoxy) is 2. The number of morpholine rings is 1. The molecular formula is C21H25N3O5S. The molecule has 9 heteroatoms. The van der Waals surface area contributed by atoms with Crippen LogP contribution >= 0.6 is 0 Å². The van der Waals surface area contributed by atoms with Crippen molar-refractivity contribution in [1.29, 1.82) is 0 Å². The largest absolute Gasteiger partial charge is 0.497 e. The number of rotatable bonds is 8. The number of carbonyl (C=O) groups excluding carboxylic acids is 2. The summed E-state index contributed by atoms with van der Waals surface area (Å²) in [4.78, 5) is 26.4. The summed E-state index contributed by atoms with van der Waals surface area (Å²) in [7, 11) is -0.0568. The summed E-state index contributed by atoms with van der Waals surface area (Å²) in [5, 5.41) is 5.37. The average molecular weight is 432 g/mol. The molecule has 1 saturated heterocycles. The van der Waals surface area contributed by atoms with E-state index in [1.165, 1.54) is 0 Å². The third-order valence-electron chi connectivity index (χ3n) is 4.49. The average Bonchev–Trinajstić information content (AvgIpc) is 2.75. The molecule has 0 aliphatic carbocycles. The standard InChI is InChI=1S/C21H25N3O5S/c1-28-19-8-4-17(5-9-19)23-21(26)15-30(27)14-20(25)22-16-2-6-18(7-3-16)24-10-12-29-13-11-24/h2-9H,10-15H2,1H3,(H,22,25)(H,23,26). The maximum Gasteiger partial charge on any atom is 0.237 e. The van der Waals surface area contributed by atoms with Crippen LogP contribution < -0.4 is 20.3 Å². The lowest BCUT2D eigenvalue weighted by atomic mass is 10.2. The molecule has 3 rings (SSSR count). The van der Waals surface area contributed by atoms with Crippen LogP contribution in [0.5, 0.6) is 5.75 Å². The fourth-order valence-electron chi connectivity index (χ4n) is 2.99. The van der Waals surface area contributed by atoms with Crippen molar-refractivity contribution >= 4 is 39.7 Å². The van der Waals surface area contributed by atoms with Gasteiger partial charge in [0, 0.05) is 41.0 Å². The van der Waals surface area contributed by atoms with Crippen molar-refractivity contribution in [3.05, 3.63) is 48.5 Å². The SMILES string of the molecule is COc1ccc(NC(=O)CS(=O)CC(=O)Nc2ccc(N3CCOCC3)cc2)cc1. The second-order valence-corrected chi connectivity index (χ2v) is 8.16. The molecular weight excluding hydrogens is 406 g/mol. The third kappa shape index (κ3) is 6.57. The molecule has 2 aromatic rings. The van der Waals surface area contributed by atoms with Gasteiger partial charge in [-0.15, -0.1) is 0 Å². The van der Waals surface area contributed by atoms with Gasteiger partial charge in [0.1, 0.15) is 17.3 Å². The van der Waals surface area contributed by atoms with Gasteiger partial charge in [-0.05, 0) is 48.5 Å². The van der Waals surface area contributed by atoms with Gasteiger partial charge in [-0.25, -0.2) is 0 Å². The van der Waals surface area contributed by atoms with Gasteiger partial charge >= 0.3 is 0 Å². The number of hydrogen-bond acceptors (Lipinski definition) is 6. The Morgan fingerprint density at radius 1 is 0.933 bits per heavy atom. The van der Waals surface area contributed by atoms with E-state index < -0.39 is 22.6 Å². The van der Waals surface area contributed by atoms with Gasteiger partial charge in [0.2, 0.25) is 11.8 Å². The van der Waals surface area contributed by atoms with Crippen molar-refractivity contribution in [3.8, 4) is 5.75 Å². The normalized spacial score (nSPS) is 14.6. The minimum Gasteiger partial charge on any atom is -0.497 e. The van der Waals surface area contributed by atoms with Crippen LogP contribution in [0.1, 0.15) is 0 Å². The van der Waals surface area contributed by atoms with Crippen LogP contribution in [0.15, 0.2) is 48.5 Å². The second-order valence-electron chi connectivity index (χ2n) is 6.70. The first-order valence-electron chi connectivity index (χ1n) is 9.55. The van der Waals surface area contributed by atoms with E-state index in [0.717, 1.165) is 18.8 Å². The molecule has 30 heavy (non-hydrogen) atoms. The molecule has 2 amide bonds. The van der Waals surface area contributed by atoms with Crippen LogP contribution in [-0.2, 0) is 25.1 Å². The zero-order chi connectivity index (χ0) is 21.3. The van der Waals surface area contributed by atoms with E-state index in [4.69, 9.17) is 9.47 Å². The van der Waals surface area contributed by atoms with E-state index in [-0.39, 0.29) is 11.5 Å². The highest BCUT2D eigenvalue weighted by Gasteiger charge is 2.14. The van der Waals surface area contributed by atoms with E-state index in [2.05, 4.69) is 15.5 Å². The van der Waals surface area contributed by atoms with Crippen LogP contribution in [0.2, 0.25) is 0 Å². The summed E-state index contributed by atoms with van der Waals surface area (Å²) in [6, 6.07) is 14.3. The Labute approximate surface area is 178 Å². The third-order valence-corrected chi connectivity index (χ3v) is 5.65. The van der Waals surface area contributed by atoms with Gasteiger partial charge in [-0.3, -0.25) is 13.8 Å². The zero-order valence-electron chi connectivity index (χ0n) is 16.8. The molecule has 0 spiro atoms. The van der Waals surface area contributed by atoms with Crippen molar-refractivity contribution < 1.29 is 23.3 Å². The lowest BCUT2D eigenvalue weighted by Gasteiger charge is -2.28. The van der Waals surface area contributed by atoms with Crippen LogP contribution in [0.3, 0.4) is 0 Å². The Morgan fingerprint density at radius 2 is 1.43 bits per heavy atom.